The molecule has 14 nitrogen and oxygen atoms in total. The largest absolute Gasteiger partial charge is 0.444 e. The van der Waals surface area contributed by atoms with Crippen LogP contribution in [0.3, 0.4) is 0 Å². The standard InChI is InChI=1S/C29H27F2N7O7/c1-29(2,3)44-28(41)37(13-16-4-5-16)22-12-18(10-11-32-22)26-34-21(15-43-26)25(39)33-20-14-38(35-23(20)24(30)31)19-8-6-17(7-9-19)27(40)45-36-42/h6-12,14-16,24H,4-5,13H2,1-3H3,(H,33,39). The van der Waals surface area contributed by atoms with Crippen LogP contribution < -0.4 is 10.2 Å². The molecule has 1 aromatic carbocycles. The fourth-order valence-corrected chi connectivity index (χ4v) is 4.15. The van der Waals surface area contributed by atoms with E-state index in [1.807, 2.05) is 0 Å². The number of alkyl halides is 2. The van der Waals surface area contributed by atoms with E-state index in [9.17, 15) is 28.1 Å². The lowest BCUT2D eigenvalue weighted by Gasteiger charge is -2.27. The highest BCUT2D eigenvalue weighted by atomic mass is 19.3. The van der Waals surface area contributed by atoms with Crippen molar-refractivity contribution in [1.82, 2.24) is 19.7 Å². The number of aromatic nitrogens is 4. The molecule has 0 saturated heterocycles. The first-order chi connectivity index (χ1) is 21.4. The molecule has 1 aliphatic rings. The minimum Gasteiger partial charge on any atom is -0.444 e. The number of hydrogen-bond donors (Lipinski definition) is 1. The second-order valence-electron chi connectivity index (χ2n) is 11.1. The van der Waals surface area contributed by atoms with Crippen LogP contribution in [-0.4, -0.2) is 49.9 Å². The van der Waals surface area contributed by atoms with Gasteiger partial charge in [-0.3, -0.25) is 14.5 Å². The van der Waals surface area contributed by atoms with Gasteiger partial charge in [-0.1, -0.05) is 0 Å². The Hall–Kier alpha value is -5.54. The molecule has 4 aromatic rings. The van der Waals surface area contributed by atoms with Crippen molar-refractivity contribution in [1.29, 1.82) is 0 Å². The van der Waals surface area contributed by atoms with E-state index in [0.717, 1.165) is 23.8 Å². The number of rotatable bonds is 10. The molecule has 2 amide bonds. The number of amides is 2. The molecule has 234 valence electrons. The van der Waals surface area contributed by atoms with Crippen LogP contribution in [0, 0.1) is 10.8 Å². The number of carbonyl (C=O) groups is 3. The second kappa shape index (κ2) is 12.6. The lowest BCUT2D eigenvalue weighted by atomic mass is 10.2. The molecule has 0 aliphatic heterocycles. The number of benzene rings is 1. The number of halogens is 2. The summed E-state index contributed by atoms with van der Waals surface area (Å²) in [6.07, 6.45) is 2.10. The highest BCUT2D eigenvalue weighted by molar-refractivity contribution is 6.03. The van der Waals surface area contributed by atoms with E-state index >= 15 is 0 Å². The van der Waals surface area contributed by atoms with Gasteiger partial charge in [-0.15, -0.1) is 4.91 Å². The third kappa shape index (κ3) is 7.52. The Morgan fingerprint density at radius 2 is 1.91 bits per heavy atom. The maximum absolute atomic E-state index is 13.8. The van der Waals surface area contributed by atoms with E-state index in [-0.39, 0.29) is 28.5 Å². The van der Waals surface area contributed by atoms with Gasteiger partial charge in [0.1, 0.15) is 17.7 Å². The Morgan fingerprint density at radius 1 is 1.18 bits per heavy atom. The third-order valence-corrected chi connectivity index (χ3v) is 6.44. The summed E-state index contributed by atoms with van der Waals surface area (Å²) in [6.45, 7) is 5.74. The number of nitrogens with one attached hydrogen (secondary N) is 1. The van der Waals surface area contributed by atoms with Gasteiger partial charge in [0.05, 0.1) is 23.1 Å². The Morgan fingerprint density at radius 3 is 2.56 bits per heavy atom. The highest BCUT2D eigenvalue weighted by Gasteiger charge is 2.31. The predicted octanol–water partition coefficient (Wildman–Crippen LogP) is 6.10. The first kappa shape index (κ1) is 30.9. The molecule has 16 heteroatoms. The van der Waals surface area contributed by atoms with Crippen LogP contribution in [-0.2, 0) is 9.57 Å². The van der Waals surface area contributed by atoms with Crippen LogP contribution in [0.2, 0.25) is 0 Å². The molecule has 3 heterocycles. The first-order valence-corrected chi connectivity index (χ1v) is 13.7. The van der Waals surface area contributed by atoms with Gasteiger partial charge in [0.15, 0.2) is 16.7 Å². The van der Waals surface area contributed by atoms with Crippen molar-refractivity contribution >= 4 is 29.5 Å². The third-order valence-electron chi connectivity index (χ3n) is 6.44. The summed E-state index contributed by atoms with van der Waals surface area (Å²) >= 11 is 0. The van der Waals surface area contributed by atoms with Gasteiger partial charge in [-0.05, 0) is 75.9 Å². The lowest BCUT2D eigenvalue weighted by molar-refractivity contribution is 0.0507. The van der Waals surface area contributed by atoms with E-state index in [4.69, 9.17) is 9.15 Å². The van der Waals surface area contributed by atoms with Crippen molar-refractivity contribution in [2.24, 2.45) is 11.3 Å². The zero-order chi connectivity index (χ0) is 32.3. The smallest absolute Gasteiger partial charge is 0.416 e. The Bertz CT molecular complexity index is 1730. The molecular formula is C29H27F2N7O7. The van der Waals surface area contributed by atoms with E-state index in [2.05, 4.69) is 30.6 Å². The van der Waals surface area contributed by atoms with Crippen LogP contribution in [0.25, 0.3) is 17.1 Å². The summed E-state index contributed by atoms with van der Waals surface area (Å²) in [5.41, 5.74) is -1.22. The molecule has 0 spiro atoms. The van der Waals surface area contributed by atoms with Crippen LogP contribution >= 0.6 is 0 Å². The zero-order valence-electron chi connectivity index (χ0n) is 24.3. The molecule has 0 atom stereocenters. The molecule has 1 N–H and O–H groups in total. The molecular weight excluding hydrogens is 596 g/mol. The van der Waals surface area contributed by atoms with Gasteiger partial charge in [-0.25, -0.2) is 33.0 Å². The van der Waals surface area contributed by atoms with Gasteiger partial charge in [-0.2, -0.15) is 5.10 Å². The molecule has 0 unspecified atom stereocenters. The summed E-state index contributed by atoms with van der Waals surface area (Å²) in [5, 5.41) is 8.29. The van der Waals surface area contributed by atoms with Crippen molar-refractivity contribution in [2.75, 3.05) is 16.8 Å². The fraction of sp³-hybridized carbons (Fsp3) is 0.310. The van der Waals surface area contributed by atoms with Crippen LogP contribution in [0.1, 0.15) is 66.6 Å². The number of nitrogens with zero attached hydrogens (tertiary/aromatic N) is 6. The summed E-state index contributed by atoms with van der Waals surface area (Å²) < 4.78 is 39.8. The summed E-state index contributed by atoms with van der Waals surface area (Å²) in [5.74, 6) is -1.15. The summed E-state index contributed by atoms with van der Waals surface area (Å²) in [4.78, 5) is 61.7. The SMILES string of the molecule is CC(C)(C)OC(=O)N(CC1CC1)c1cc(-c2nc(C(=O)Nc3cn(-c4ccc(C(=O)ON=O)cc4)nc3C(F)F)co2)ccn1. The lowest BCUT2D eigenvalue weighted by Crippen LogP contribution is -2.38. The Kier molecular flexibility index (Phi) is 8.65. The molecule has 0 bridgehead atoms. The predicted molar refractivity (Wildman–Crippen MR) is 154 cm³/mol. The Balaban J connectivity index is 1.34. The fourth-order valence-electron chi connectivity index (χ4n) is 4.15. The molecule has 5 rings (SSSR count). The van der Waals surface area contributed by atoms with E-state index in [1.165, 1.54) is 41.6 Å². The minimum atomic E-state index is -3.04. The van der Waals surface area contributed by atoms with Crippen molar-refractivity contribution in [3.63, 3.8) is 0 Å². The van der Waals surface area contributed by atoms with Gasteiger partial charge >= 0.3 is 12.1 Å². The molecule has 1 aliphatic carbocycles. The maximum Gasteiger partial charge on any atom is 0.416 e. The topological polar surface area (TPSA) is 171 Å². The molecule has 1 saturated carbocycles. The van der Waals surface area contributed by atoms with E-state index < -0.39 is 35.7 Å². The number of carbonyl (C=O) groups excluding carboxylic acids is 3. The summed E-state index contributed by atoms with van der Waals surface area (Å²) in [7, 11) is 0. The second-order valence-corrected chi connectivity index (χ2v) is 11.1. The van der Waals surface area contributed by atoms with Crippen molar-refractivity contribution < 1.29 is 37.2 Å². The van der Waals surface area contributed by atoms with E-state index in [1.54, 1.807) is 32.9 Å². The Labute approximate surface area is 254 Å². The quantitative estimate of drug-likeness (QED) is 0.161. The number of oxazole rings is 1. The highest BCUT2D eigenvalue weighted by Crippen LogP contribution is 2.33. The summed E-state index contributed by atoms with van der Waals surface area (Å²) in [6, 6.07) is 8.48. The van der Waals surface area contributed by atoms with Crippen molar-refractivity contribution in [2.45, 2.75) is 45.6 Å². The van der Waals surface area contributed by atoms with Crippen molar-refractivity contribution in [3.8, 4) is 17.1 Å². The monoisotopic (exact) mass is 623 g/mol. The van der Waals surface area contributed by atoms with Crippen molar-refractivity contribution in [3.05, 3.63) is 76.9 Å². The molecule has 0 radical (unpaired) electrons. The zero-order valence-corrected chi connectivity index (χ0v) is 24.3. The van der Waals surface area contributed by atoms with Gasteiger partial charge in [0.25, 0.3) is 12.3 Å². The molecule has 3 aromatic heterocycles. The van der Waals surface area contributed by atoms with Crippen LogP contribution in [0.5, 0.6) is 0 Å². The average molecular weight is 624 g/mol. The van der Waals surface area contributed by atoms with Gasteiger partial charge in [0, 0.05) is 18.3 Å². The van der Waals surface area contributed by atoms with Crippen LogP contribution in [0.4, 0.5) is 25.1 Å². The minimum absolute atomic E-state index is 0.00303. The first-order valence-electron chi connectivity index (χ1n) is 13.7. The number of ether oxygens (including phenoxy) is 1. The molecule has 45 heavy (non-hydrogen) atoms. The maximum atomic E-state index is 13.8. The van der Waals surface area contributed by atoms with Gasteiger partial charge in [0.2, 0.25) is 5.89 Å². The molecule has 1 fully saturated rings. The normalized spacial score (nSPS) is 12.9. The van der Waals surface area contributed by atoms with E-state index in [0.29, 0.717) is 23.8 Å². The van der Waals surface area contributed by atoms with Gasteiger partial charge < -0.3 is 14.5 Å². The average Bonchev–Trinajstić information content (AvgIpc) is 3.49. The number of pyridine rings is 1. The number of hydrogen-bond acceptors (Lipinski definition) is 11. The number of anilines is 2. The van der Waals surface area contributed by atoms with Crippen LogP contribution in [0.15, 0.2) is 64.8 Å².